The summed E-state index contributed by atoms with van der Waals surface area (Å²) in [5.41, 5.74) is 7.62. The van der Waals surface area contributed by atoms with Crippen LogP contribution in [-0.4, -0.2) is 0 Å². The van der Waals surface area contributed by atoms with E-state index >= 15 is 0 Å². The predicted octanol–water partition coefficient (Wildman–Crippen LogP) is 8.67. The Balaban J connectivity index is 1.84. The molecule has 0 aliphatic carbocycles. The first-order valence-electron chi connectivity index (χ1n) is 11.5. The molecule has 0 atom stereocenters. The number of hydrogen-bond donors (Lipinski definition) is 0. The van der Waals surface area contributed by atoms with Crippen LogP contribution in [0.5, 0.6) is 0 Å². The lowest BCUT2D eigenvalue weighted by atomic mass is 9.88. The monoisotopic (exact) mass is 414 g/mol. The molecule has 0 saturated carbocycles. The summed E-state index contributed by atoms with van der Waals surface area (Å²) in [7, 11) is 0. The SMILES string of the molecule is CCCC(C=C(c1ccccc1)c1ccccc1)C=C(c1ccccc1)c1ccccc1. The highest BCUT2D eigenvalue weighted by molar-refractivity contribution is 5.82. The second-order valence-corrected chi connectivity index (χ2v) is 8.08. The van der Waals surface area contributed by atoms with Gasteiger partial charge in [0.25, 0.3) is 0 Å². The third-order valence-electron chi connectivity index (χ3n) is 5.72. The molecule has 4 rings (SSSR count). The molecule has 0 N–H and O–H groups in total. The van der Waals surface area contributed by atoms with Gasteiger partial charge < -0.3 is 0 Å². The second-order valence-electron chi connectivity index (χ2n) is 8.08. The van der Waals surface area contributed by atoms with Crippen LogP contribution in [0.1, 0.15) is 42.0 Å². The van der Waals surface area contributed by atoms with Gasteiger partial charge in [0.2, 0.25) is 0 Å². The van der Waals surface area contributed by atoms with Gasteiger partial charge in [-0.3, -0.25) is 0 Å². The van der Waals surface area contributed by atoms with E-state index in [-0.39, 0.29) is 0 Å². The topological polar surface area (TPSA) is 0 Å². The van der Waals surface area contributed by atoms with E-state index in [1.54, 1.807) is 0 Å². The van der Waals surface area contributed by atoms with E-state index in [0.717, 1.165) is 12.8 Å². The second kappa shape index (κ2) is 11.1. The van der Waals surface area contributed by atoms with Crippen molar-refractivity contribution in [2.24, 2.45) is 5.92 Å². The Hall–Kier alpha value is -3.64. The molecule has 0 spiro atoms. The normalized spacial score (nSPS) is 10.6. The summed E-state index contributed by atoms with van der Waals surface area (Å²) in [5.74, 6) is 0.325. The fourth-order valence-electron chi connectivity index (χ4n) is 4.17. The Kier molecular flexibility index (Phi) is 7.50. The van der Waals surface area contributed by atoms with Crippen molar-refractivity contribution in [2.45, 2.75) is 19.8 Å². The van der Waals surface area contributed by atoms with Gasteiger partial charge in [0.15, 0.2) is 0 Å². The molecule has 0 aliphatic rings. The van der Waals surface area contributed by atoms with Crippen LogP contribution < -0.4 is 0 Å². The number of rotatable bonds is 8. The summed E-state index contributed by atoms with van der Waals surface area (Å²) in [6, 6.07) is 43.0. The maximum atomic E-state index is 2.46. The summed E-state index contributed by atoms with van der Waals surface area (Å²) < 4.78 is 0. The van der Waals surface area contributed by atoms with E-state index in [1.807, 2.05) is 0 Å². The molecule has 4 aromatic carbocycles. The van der Waals surface area contributed by atoms with Crippen LogP contribution in [0.25, 0.3) is 11.1 Å². The van der Waals surface area contributed by atoms with Crippen LogP contribution in [0.3, 0.4) is 0 Å². The van der Waals surface area contributed by atoms with Gasteiger partial charge in [-0.2, -0.15) is 0 Å². The van der Waals surface area contributed by atoms with Gasteiger partial charge in [-0.15, -0.1) is 0 Å². The zero-order valence-electron chi connectivity index (χ0n) is 18.7. The van der Waals surface area contributed by atoms with Crippen molar-refractivity contribution in [3.05, 3.63) is 156 Å². The first-order valence-corrected chi connectivity index (χ1v) is 11.5. The van der Waals surface area contributed by atoms with Crippen LogP contribution in [0.4, 0.5) is 0 Å². The molecule has 0 radical (unpaired) electrons. The third kappa shape index (κ3) is 5.53. The minimum atomic E-state index is 0.325. The van der Waals surface area contributed by atoms with E-state index < -0.39 is 0 Å². The molecule has 0 aliphatic heterocycles. The van der Waals surface area contributed by atoms with E-state index in [4.69, 9.17) is 0 Å². The maximum absolute atomic E-state index is 2.46. The maximum Gasteiger partial charge on any atom is -0.00348 e. The first-order chi connectivity index (χ1) is 15.8. The third-order valence-corrected chi connectivity index (χ3v) is 5.72. The molecule has 0 nitrogen and oxygen atoms in total. The Morgan fingerprint density at radius 1 is 0.500 bits per heavy atom. The Labute approximate surface area is 192 Å². The Morgan fingerprint density at radius 3 is 1.03 bits per heavy atom. The molecule has 158 valence electrons. The largest absolute Gasteiger partial charge is 0.0691 e. The predicted molar refractivity (Wildman–Crippen MR) is 138 cm³/mol. The molecule has 0 fully saturated rings. The van der Waals surface area contributed by atoms with Crippen LogP contribution in [0.2, 0.25) is 0 Å². The van der Waals surface area contributed by atoms with Crippen molar-refractivity contribution >= 4 is 11.1 Å². The number of hydrogen-bond acceptors (Lipinski definition) is 0. The summed E-state index contributed by atoms with van der Waals surface area (Å²) in [5, 5.41) is 0. The zero-order valence-corrected chi connectivity index (χ0v) is 18.7. The van der Waals surface area contributed by atoms with Crippen molar-refractivity contribution < 1.29 is 0 Å². The van der Waals surface area contributed by atoms with Gasteiger partial charge in [-0.05, 0) is 45.7 Å². The Morgan fingerprint density at radius 2 is 0.781 bits per heavy atom. The molecule has 0 heterocycles. The molecule has 0 heteroatoms. The summed E-state index contributed by atoms with van der Waals surface area (Å²) in [4.78, 5) is 0. The van der Waals surface area contributed by atoms with Crippen molar-refractivity contribution in [2.75, 3.05) is 0 Å². The summed E-state index contributed by atoms with van der Waals surface area (Å²) in [6.45, 7) is 2.27. The number of benzene rings is 4. The highest BCUT2D eigenvalue weighted by atomic mass is 14.2. The van der Waals surface area contributed by atoms with Crippen LogP contribution in [-0.2, 0) is 0 Å². The molecule has 0 amide bonds. The standard InChI is InChI=1S/C32H30/c1-2-15-26(24-31(27-16-7-3-8-17-27)28-18-9-4-10-19-28)25-32(29-20-11-5-12-21-29)30-22-13-6-14-23-30/h3-14,16-26H,2,15H2,1H3. The molecule has 32 heavy (non-hydrogen) atoms. The average Bonchev–Trinajstić information content (AvgIpc) is 2.88. The minimum absolute atomic E-state index is 0.325. The quantitative estimate of drug-likeness (QED) is 0.270. The van der Waals surface area contributed by atoms with Crippen LogP contribution in [0.15, 0.2) is 133 Å². The Bertz CT molecular complexity index is 962. The van der Waals surface area contributed by atoms with Crippen molar-refractivity contribution in [3.63, 3.8) is 0 Å². The summed E-state index contributed by atoms with van der Waals surface area (Å²) >= 11 is 0. The van der Waals surface area contributed by atoms with Gasteiger partial charge in [-0.1, -0.05) is 147 Å². The number of allylic oxidation sites excluding steroid dienone is 2. The molecular formula is C32H30. The molecular weight excluding hydrogens is 384 g/mol. The minimum Gasteiger partial charge on any atom is -0.0691 e. The van der Waals surface area contributed by atoms with Gasteiger partial charge in [0, 0.05) is 0 Å². The highest BCUT2D eigenvalue weighted by Crippen LogP contribution is 2.31. The lowest BCUT2D eigenvalue weighted by Gasteiger charge is -2.16. The molecule has 4 aromatic rings. The lowest BCUT2D eigenvalue weighted by molar-refractivity contribution is 0.693. The van der Waals surface area contributed by atoms with Gasteiger partial charge in [0.05, 0.1) is 0 Å². The van der Waals surface area contributed by atoms with Crippen molar-refractivity contribution in [1.82, 2.24) is 0 Å². The molecule has 0 aromatic heterocycles. The van der Waals surface area contributed by atoms with E-state index in [1.165, 1.54) is 33.4 Å². The lowest BCUT2D eigenvalue weighted by Crippen LogP contribution is -1.99. The summed E-state index contributed by atoms with van der Waals surface area (Å²) in [6.07, 6.45) is 7.15. The smallest absolute Gasteiger partial charge is 0.00348 e. The van der Waals surface area contributed by atoms with Crippen molar-refractivity contribution in [3.8, 4) is 0 Å². The zero-order chi connectivity index (χ0) is 22.0. The van der Waals surface area contributed by atoms with Gasteiger partial charge in [0.1, 0.15) is 0 Å². The van der Waals surface area contributed by atoms with Crippen molar-refractivity contribution in [1.29, 1.82) is 0 Å². The first kappa shape index (κ1) is 21.6. The van der Waals surface area contributed by atoms with E-state index in [2.05, 4.69) is 140 Å². The molecule has 0 unspecified atom stereocenters. The van der Waals surface area contributed by atoms with Gasteiger partial charge in [-0.25, -0.2) is 0 Å². The fourth-order valence-corrected chi connectivity index (χ4v) is 4.17. The van der Waals surface area contributed by atoms with E-state index in [0.29, 0.717) is 5.92 Å². The van der Waals surface area contributed by atoms with Crippen LogP contribution >= 0.6 is 0 Å². The average molecular weight is 415 g/mol. The molecule has 0 saturated heterocycles. The molecule has 0 bridgehead atoms. The fraction of sp³-hybridized carbons (Fsp3) is 0.125. The highest BCUT2D eigenvalue weighted by Gasteiger charge is 2.12. The van der Waals surface area contributed by atoms with Gasteiger partial charge >= 0.3 is 0 Å². The van der Waals surface area contributed by atoms with E-state index in [9.17, 15) is 0 Å². The van der Waals surface area contributed by atoms with Crippen LogP contribution in [0, 0.1) is 5.92 Å².